The van der Waals surface area contributed by atoms with Crippen LogP contribution in [0.1, 0.15) is 38.2 Å². The number of carbonyl (C=O) groups excluding carboxylic acids is 3. The van der Waals surface area contributed by atoms with Crippen molar-refractivity contribution in [2.45, 2.75) is 32.6 Å². The molecular weight excluding hydrogens is 268 g/mol. The molecule has 4 heteroatoms. The van der Waals surface area contributed by atoms with Crippen LogP contribution in [-0.2, 0) is 14.4 Å². The number of rotatable bonds is 4. The molecule has 0 unspecified atom stereocenters. The fourth-order valence-corrected chi connectivity index (χ4v) is 3.12. The topological polar surface area (TPSA) is 60.4 Å². The number of hydrogen-bond acceptors (Lipinski definition) is 4. The number of Topliss-reactive ketones (excluding diaryl/α,β-unsaturated/α-hetero) is 3. The Bertz CT molecular complexity index is 576. The first kappa shape index (κ1) is 15.4. The average Bonchev–Trinajstić information content (AvgIpc) is 2.49. The summed E-state index contributed by atoms with van der Waals surface area (Å²) >= 11 is 0. The molecule has 1 aromatic carbocycles. The van der Waals surface area contributed by atoms with E-state index in [1.165, 1.54) is 0 Å². The lowest BCUT2D eigenvalue weighted by molar-refractivity contribution is -0.141. The largest absolute Gasteiger partial charge is 0.496 e. The maximum Gasteiger partial charge on any atom is 0.151 e. The molecule has 1 saturated carbocycles. The van der Waals surface area contributed by atoms with Crippen LogP contribution in [0.15, 0.2) is 24.3 Å². The van der Waals surface area contributed by atoms with Crippen molar-refractivity contribution in [1.82, 2.24) is 0 Å². The summed E-state index contributed by atoms with van der Waals surface area (Å²) in [5.74, 6) is -1.38. The third-order valence-corrected chi connectivity index (χ3v) is 4.29. The van der Waals surface area contributed by atoms with Gasteiger partial charge in [-0.05, 0) is 11.6 Å². The minimum atomic E-state index is -0.737. The number of hydrogen-bond donors (Lipinski definition) is 0. The van der Waals surface area contributed by atoms with Crippen molar-refractivity contribution in [3.8, 4) is 5.75 Å². The van der Waals surface area contributed by atoms with E-state index >= 15 is 0 Å². The Morgan fingerprint density at radius 1 is 1.24 bits per heavy atom. The molecule has 3 atom stereocenters. The Morgan fingerprint density at radius 3 is 2.52 bits per heavy atom. The van der Waals surface area contributed by atoms with Crippen molar-refractivity contribution in [3.63, 3.8) is 0 Å². The molecule has 0 amide bonds. The van der Waals surface area contributed by atoms with Crippen LogP contribution in [0.2, 0.25) is 0 Å². The third-order valence-electron chi connectivity index (χ3n) is 4.29. The number of benzene rings is 1. The van der Waals surface area contributed by atoms with E-state index in [0.717, 1.165) is 5.56 Å². The summed E-state index contributed by atoms with van der Waals surface area (Å²) in [5.41, 5.74) is 0.765. The van der Waals surface area contributed by atoms with Gasteiger partial charge in [-0.3, -0.25) is 14.4 Å². The summed E-state index contributed by atoms with van der Waals surface area (Å²) in [6.07, 6.45) is 0.159. The minimum absolute atomic E-state index is 0.101. The number of ether oxygens (including phenoxy) is 1. The molecule has 21 heavy (non-hydrogen) atoms. The van der Waals surface area contributed by atoms with Crippen molar-refractivity contribution in [1.29, 1.82) is 0 Å². The Hall–Kier alpha value is -1.97. The highest BCUT2D eigenvalue weighted by atomic mass is 16.5. The molecule has 0 spiro atoms. The summed E-state index contributed by atoms with van der Waals surface area (Å²) in [6.45, 7) is 3.54. The first-order valence-corrected chi connectivity index (χ1v) is 7.22. The van der Waals surface area contributed by atoms with Crippen molar-refractivity contribution in [2.75, 3.05) is 7.11 Å². The standard InChI is InChI=1S/C17H20O4/c1-4-12(18)17-14(20)9-13(19)10(2)16(17)11-7-5-6-8-15(11)21-3/h5-8,10,16-17H,4,9H2,1-3H3/t10-,16-,17+/m1/s1. The van der Waals surface area contributed by atoms with Gasteiger partial charge in [0.25, 0.3) is 0 Å². The molecule has 0 radical (unpaired) electrons. The first-order chi connectivity index (χ1) is 10.0. The maximum atomic E-state index is 12.3. The van der Waals surface area contributed by atoms with E-state index in [2.05, 4.69) is 0 Å². The van der Waals surface area contributed by atoms with E-state index in [0.29, 0.717) is 12.2 Å². The first-order valence-electron chi connectivity index (χ1n) is 7.22. The zero-order valence-electron chi connectivity index (χ0n) is 12.6. The van der Waals surface area contributed by atoms with Gasteiger partial charge in [0.2, 0.25) is 0 Å². The monoisotopic (exact) mass is 288 g/mol. The van der Waals surface area contributed by atoms with Gasteiger partial charge in [-0.2, -0.15) is 0 Å². The van der Waals surface area contributed by atoms with Crippen molar-refractivity contribution >= 4 is 17.3 Å². The molecule has 1 fully saturated rings. The van der Waals surface area contributed by atoms with E-state index in [9.17, 15) is 14.4 Å². The van der Waals surface area contributed by atoms with Gasteiger partial charge in [-0.15, -0.1) is 0 Å². The van der Waals surface area contributed by atoms with E-state index in [1.54, 1.807) is 27.0 Å². The van der Waals surface area contributed by atoms with E-state index in [1.807, 2.05) is 18.2 Å². The average molecular weight is 288 g/mol. The summed E-state index contributed by atoms with van der Waals surface area (Å²) in [4.78, 5) is 36.6. The van der Waals surface area contributed by atoms with Crippen LogP contribution in [0.4, 0.5) is 0 Å². The molecule has 2 rings (SSSR count). The van der Waals surface area contributed by atoms with Gasteiger partial charge in [-0.25, -0.2) is 0 Å². The van der Waals surface area contributed by atoms with E-state index in [-0.39, 0.29) is 29.7 Å². The zero-order chi connectivity index (χ0) is 15.6. The number of para-hydroxylation sites is 1. The predicted molar refractivity (Wildman–Crippen MR) is 78.3 cm³/mol. The summed E-state index contributed by atoms with van der Waals surface area (Å²) in [7, 11) is 1.55. The quantitative estimate of drug-likeness (QED) is 0.799. The molecule has 4 nitrogen and oxygen atoms in total. The van der Waals surface area contributed by atoms with Gasteiger partial charge >= 0.3 is 0 Å². The van der Waals surface area contributed by atoms with Crippen LogP contribution in [0.3, 0.4) is 0 Å². The van der Waals surface area contributed by atoms with Crippen LogP contribution >= 0.6 is 0 Å². The van der Waals surface area contributed by atoms with Gasteiger partial charge in [-0.1, -0.05) is 32.0 Å². The molecule has 0 N–H and O–H groups in total. The van der Waals surface area contributed by atoms with Gasteiger partial charge in [0.05, 0.1) is 19.4 Å². The highest BCUT2D eigenvalue weighted by molar-refractivity contribution is 6.13. The van der Waals surface area contributed by atoms with Gasteiger partial charge in [0.1, 0.15) is 17.3 Å². The third kappa shape index (κ3) is 2.75. The fourth-order valence-electron chi connectivity index (χ4n) is 3.12. The van der Waals surface area contributed by atoms with Crippen LogP contribution in [0.5, 0.6) is 5.75 Å². The molecule has 0 aliphatic heterocycles. The smallest absolute Gasteiger partial charge is 0.151 e. The molecule has 0 saturated heterocycles. The van der Waals surface area contributed by atoms with Crippen LogP contribution < -0.4 is 4.74 Å². The Labute approximate surface area is 124 Å². The van der Waals surface area contributed by atoms with Crippen LogP contribution in [0.25, 0.3) is 0 Å². The number of ketones is 3. The van der Waals surface area contributed by atoms with Crippen molar-refractivity contribution in [2.24, 2.45) is 11.8 Å². The molecule has 112 valence electrons. The van der Waals surface area contributed by atoms with E-state index < -0.39 is 11.8 Å². The van der Waals surface area contributed by atoms with Crippen molar-refractivity contribution in [3.05, 3.63) is 29.8 Å². The lowest BCUT2D eigenvalue weighted by Gasteiger charge is -2.34. The van der Waals surface area contributed by atoms with Gasteiger partial charge in [0, 0.05) is 18.3 Å². The lowest BCUT2D eigenvalue weighted by Crippen LogP contribution is -2.42. The van der Waals surface area contributed by atoms with E-state index in [4.69, 9.17) is 4.74 Å². The lowest BCUT2D eigenvalue weighted by atomic mass is 9.66. The maximum absolute atomic E-state index is 12.3. The predicted octanol–water partition coefficient (Wildman–Crippen LogP) is 2.55. The molecule has 1 aliphatic carbocycles. The molecule has 0 aromatic heterocycles. The molecule has 0 heterocycles. The van der Waals surface area contributed by atoms with Crippen LogP contribution in [0, 0.1) is 11.8 Å². The second-order valence-corrected chi connectivity index (χ2v) is 5.46. The summed E-state index contributed by atoms with van der Waals surface area (Å²) in [5, 5.41) is 0. The molecular formula is C17H20O4. The van der Waals surface area contributed by atoms with Crippen LogP contribution in [-0.4, -0.2) is 24.5 Å². The molecule has 1 aromatic rings. The Kier molecular flexibility index (Phi) is 4.56. The Balaban J connectivity index is 2.55. The highest BCUT2D eigenvalue weighted by Gasteiger charge is 2.45. The second kappa shape index (κ2) is 6.20. The zero-order valence-corrected chi connectivity index (χ0v) is 12.6. The SMILES string of the molecule is CCC(=O)[C@H]1C(=O)CC(=O)[C@@H](C)[C@@H]1c1ccccc1OC. The van der Waals surface area contributed by atoms with Gasteiger partial charge < -0.3 is 4.74 Å². The van der Waals surface area contributed by atoms with Crippen molar-refractivity contribution < 1.29 is 19.1 Å². The normalized spacial score (nSPS) is 25.8. The molecule has 1 aliphatic rings. The van der Waals surface area contributed by atoms with Gasteiger partial charge in [0.15, 0.2) is 5.78 Å². The second-order valence-electron chi connectivity index (χ2n) is 5.46. The highest BCUT2D eigenvalue weighted by Crippen LogP contribution is 2.42. The summed E-state index contributed by atoms with van der Waals surface area (Å²) < 4.78 is 5.35. The number of methoxy groups -OCH3 is 1. The minimum Gasteiger partial charge on any atom is -0.496 e. The Morgan fingerprint density at radius 2 is 1.90 bits per heavy atom. The fraction of sp³-hybridized carbons (Fsp3) is 0.471. The molecule has 0 bridgehead atoms. The summed E-state index contributed by atoms with van der Waals surface area (Å²) in [6, 6.07) is 7.29. The number of carbonyl (C=O) groups is 3.